The van der Waals surface area contributed by atoms with Crippen molar-refractivity contribution in [3.05, 3.63) is 29.6 Å². The highest BCUT2D eigenvalue weighted by Gasteiger charge is 2.42. The molecule has 0 radical (unpaired) electrons. The third-order valence-corrected chi connectivity index (χ3v) is 5.39. The number of hydrogen-bond acceptors (Lipinski definition) is 4. The lowest BCUT2D eigenvalue weighted by Crippen LogP contribution is -2.41. The molecule has 112 valence electrons. The van der Waals surface area contributed by atoms with E-state index in [4.69, 9.17) is 10.00 Å². The molecule has 1 aromatic rings. The number of sulfonamides is 1. The van der Waals surface area contributed by atoms with Crippen molar-refractivity contribution in [2.75, 3.05) is 6.61 Å². The third kappa shape index (κ3) is 2.93. The molecule has 0 spiro atoms. The summed E-state index contributed by atoms with van der Waals surface area (Å²) >= 11 is 0. The molecule has 7 heteroatoms. The molecule has 2 fully saturated rings. The largest absolute Gasteiger partial charge is 0.376 e. The molecule has 1 saturated carbocycles. The van der Waals surface area contributed by atoms with Gasteiger partial charge in [0.2, 0.25) is 10.0 Å². The van der Waals surface area contributed by atoms with Gasteiger partial charge in [-0.3, -0.25) is 0 Å². The maximum Gasteiger partial charge on any atom is 0.240 e. The highest BCUT2D eigenvalue weighted by molar-refractivity contribution is 7.89. The summed E-state index contributed by atoms with van der Waals surface area (Å²) in [6.07, 6.45) is 2.69. The number of nitrogens with zero attached hydrogens (tertiary/aromatic N) is 1. The van der Waals surface area contributed by atoms with E-state index < -0.39 is 15.8 Å². The van der Waals surface area contributed by atoms with Crippen molar-refractivity contribution in [2.24, 2.45) is 5.92 Å². The zero-order valence-corrected chi connectivity index (χ0v) is 12.1. The molecule has 1 aliphatic heterocycles. The second-order valence-electron chi connectivity index (χ2n) is 5.44. The van der Waals surface area contributed by atoms with Crippen molar-refractivity contribution in [2.45, 2.75) is 36.3 Å². The van der Waals surface area contributed by atoms with Crippen molar-refractivity contribution >= 4 is 10.0 Å². The van der Waals surface area contributed by atoms with Gasteiger partial charge in [-0.15, -0.1) is 0 Å². The molecule has 2 unspecified atom stereocenters. The molecule has 1 aromatic carbocycles. The van der Waals surface area contributed by atoms with Gasteiger partial charge in [0.05, 0.1) is 22.6 Å². The van der Waals surface area contributed by atoms with Gasteiger partial charge in [0.25, 0.3) is 0 Å². The van der Waals surface area contributed by atoms with E-state index in [9.17, 15) is 12.8 Å². The minimum absolute atomic E-state index is 0.0735. The Balaban J connectivity index is 1.82. The van der Waals surface area contributed by atoms with Crippen LogP contribution in [0.25, 0.3) is 0 Å². The first-order chi connectivity index (χ1) is 10.0. The Labute approximate surface area is 122 Å². The number of nitriles is 1. The third-order valence-electron chi connectivity index (χ3n) is 3.90. The van der Waals surface area contributed by atoms with Crippen molar-refractivity contribution in [1.82, 2.24) is 4.72 Å². The van der Waals surface area contributed by atoms with Crippen LogP contribution in [0.3, 0.4) is 0 Å². The Morgan fingerprint density at radius 1 is 1.33 bits per heavy atom. The summed E-state index contributed by atoms with van der Waals surface area (Å²) in [5.74, 6) is -0.292. The van der Waals surface area contributed by atoms with Crippen LogP contribution in [0.1, 0.15) is 24.8 Å². The van der Waals surface area contributed by atoms with Gasteiger partial charge in [-0.05, 0) is 43.4 Å². The number of rotatable bonds is 4. The van der Waals surface area contributed by atoms with Crippen LogP contribution in [0.5, 0.6) is 0 Å². The molecular formula is C14H15FN2O3S. The van der Waals surface area contributed by atoms with Gasteiger partial charge in [-0.25, -0.2) is 17.5 Å². The molecule has 21 heavy (non-hydrogen) atoms. The van der Waals surface area contributed by atoms with E-state index in [1.54, 1.807) is 6.07 Å². The van der Waals surface area contributed by atoms with Crippen molar-refractivity contribution < 1.29 is 17.5 Å². The Morgan fingerprint density at radius 3 is 2.76 bits per heavy atom. The highest BCUT2D eigenvalue weighted by Crippen LogP contribution is 2.39. The van der Waals surface area contributed by atoms with Crippen LogP contribution in [0.4, 0.5) is 4.39 Å². The van der Waals surface area contributed by atoms with Crippen LogP contribution in [0, 0.1) is 23.1 Å². The molecule has 1 aliphatic carbocycles. The smallest absolute Gasteiger partial charge is 0.240 e. The molecule has 0 aromatic heterocycles. The van der Waals surface area contributed by atoms with Gasteiger partial charge in [-0.1, -0.05) is 0 Å². The summed E-state index contributed by atoms with van der Waals surface area (Å²) in [6, 6.07) is 4.61. The lowest BCUT2D eigenvalue weighted by atomic mass is 10.1. The van der Waals surface area contributed by atoms with Crippen molar-refractivity contribution in [3.63, 3.8) is 0 Å². The number of nitrogens with one attached hydrogen (secondary N) is 1. The second-order valence-corrected chi connectivity index (χ2v) is 7.16. The lowest BCUT2D eigenvalue weighted by Gasteiger charge is -2.19. The summed E-state index contributed by atoms with van der Waals surface area (Å²) in [6.45, 7) is 0.543. The Bertz CT molecular complexity index is 695. The highest BCUT2D eigenvalue weighted by atomic mass is 32.2. The average Bonchev–Trinajstić information content (AvgIpc) is 3.20. The molecule has 0 amide bonds. The van der Waals surface area contributed by atoms with Gasteiger partial charge in [0.15, 0.2) is 0 Å². The molecule has 0 bridgehead atoms. The van der Waals surface area contributed by atoms with Gasteiger partial charge < -0.3 is 4.74 Å². The molecule has 2 atom stereocenters. The van der Waals surface area contributed by atoms with Crippen LogP contribution in [0.2, 0.25) is 0 Å². The van der Waals surface area contributed by atoms with Gasteiger partial charge >= 0.3 is 0 Å². The van der Waals surface area contributed by atoms with E-state index in [-0.39, 0.29) is 22.6 Å². The normalized spacial score (nSPS) is 25.7. The second kappa shape index (κ2) is 5.37. The van der Waals surface area contributed by atoms with E-state index in [2.05, 4.69) is 4.72 Å². The fourth-order valence-electron chi connectivity index (χ4n) is 2.65. The zero-order valence-electron chi connectivity index (χ0n) is 11.3. The molecule has 2 aliphatic rings. The van der Waals surface area contributed by atoms with Crippen LogP contribution in [0.15, 0.2) is 23.1 Å². The fourth-order valence-corrected chi connectivity index (χ4v) is 3.96. The number of hydrogen-bond donors (Lipinski definition) is 1. The predicted octanol–water partition coefficient (Wildman–Crippen LogP) is 1.54. The average molecular weight is 310 g/mol. The van der Waals surface area contributed by atoms with E-state index in [1.807, 2.05) is 0 Å². The maximum atomic E-state index is 13.3. The Morgan fingerprint density at radius 2 is 2.10 bits per heavy atom. The topological polar surface area (TPSA) is 79.2 Å². The summed E-state index contributed by atoms with van der Waals surface area (Å²) in [5, 5.41) is 8.79. The van der Waals surface area contributed by atoms with E-state index >= 15 is 0 Å². The van der Waals surface area contributed by atoms with Gasteiger partial charge in [0.1, 0.15) is 11.9 Å². The summed E-state index contributed by atoms with van der Waals surface area (Å²) < 4.78 is 46.2. The van der Waals surface area contributed by atoms with Crippen LogP contribution < -0.4 is 4.72 Å². The molecule has 1 saturated heterocycles. The summed E-state index contributed by atoms with van der Waals surface area (Å²) in [7, 11) is -3.78. The van der Waals surface area contributed by atoms with Crippen LogP contribution in [-0.2, 0) is 14.8 Å². The zero-order chi connectivity index (χ0) is 15.0. The molecule has 5 nitrogen and oxygen atoms in total. The minimum Gasteiger partial charge on any atom is -0.376 e. The number of halogens is 1. The molecule has 1 N–H and O–H groups in total. The van der Waals surface area contributed by atoms with Crippen molar-refractivity contribution in [1.29, 1.82) is 5.26 Å². The Hall–Kier alpha value is -1.49. The summed E-state index contributed by atoms with van der Waals surface area (Å²) in [5.41, 5.74) is -0.278. The Kier molecular flexibility index (Phi) is 3.69. The molecule has 3 rings (SSSR count). The first-order valence-corrected chi connectivity index (χ1v) is 8.33. The van der Waals surface area contributed by atoms with Crippen LogP contribution in [-0.4, -0.2) is 27.2 Å². The van der Waals surface area contributed by atoms with Gasteiger partial charge in [0, 0.05) is 6.61 Å². The summed E-state index contributed by atoms with van der Waals surface area (Å²) in [4.78, 5) is -0.0955. The van der Waals surface area contributed by atoms with Crippen LogP contribution >= 0.6 is 0 Å². The first-order valence-electron chi connectivity index (χ1n) is 6.85. The van der Waals surface area contributed by atoms with E-state index in [1.165, 1.54) is 6.07 Å². The number of benzene rings is 1. The quantitative estimate of drug-likeness (QED) is 0.915. The standard InChI is InChI=1S/C14H15FN2O3S/c15-12-4-3-11(7-10(12)8-16)21(18,19)17-13-5-6-20-14(13)9-1-2-9/h3-4,7,9,13-14,17H,1-2,5-6H2. The SMILES string of the molecule is N#Cc1cc(S(=O)(=O)NC2CCOC2C2CC2)ccc1F. The monoisotopic (exact) mass is 310 g/mol. The van der Waals surface area contributed by atoms with E-state index in [0.717, 1.165) is 25.0 Å². The first kappa shape index (κ1) is 14.4. The lowest BCUT2D eigenvalue weighted by molar-refractivity contribution is 0.0848. The van der Waals surface area contributed by atoms with Gasteiger partial charge in [-0.2, -0.15) is 5.26 Å². The van der Waals surface area contributed by atoms with Crippen molar-refractivity contribution in [3.8, 4) is 6.07 Å². The minimum atomic E-state index is -3.78. The number of ether oxygens (including phenoxy) is 1. The van der Waals surface area contributed by atoms with E-state index in [0.29, 0.717) is 18.9 Å². The maximum absolute atomic E-state index is 13.3. The predicted molar refractivity (Wildman–Crippen MR) is 72.3 cm³/mol. The molecule has 1 heterocycles. The molecular weight excluding hydrogens is 295 g/mol. The fraction of sp³-hybridized carbons (Fsp3) is 0.500.